The maximum atomic E-state index is 10.9. The molecule has 0 amide bonds. The van der Waals surface area contributed by atoms with Gasteiger partial charge in [0, 0.05) is 18.2 Å². The second-order valence-corrected chi connectivity index (χ2v) is 5.30. The van der Waals surface area contributed by atoms with Crippen molar-refractivity contribution in [3.63, 3.8) is 0 Å². The Morgan fingerprint density at radius 2 is 2.05 bits per heavy atom. The van der Waals surface area contributed by atoms with Crippen molar-refractivity contribution in [1.82, 2.24) is 15.5 Å². The lowest BCUT2D eigenvalue weighted by Crippen LogP contribution is -2.31. The zero-order valence-corrected chi connectivity index (χ0v) is 11.6. The second kappa shape index (κ2) is 6.01. The summed E-state index contributed by atoms with van der Waals surface area (Å²) in [6, 6.07) is 11.3. The number of hydrogen-bond donors (Lipinski definition) is 2. The summed E-state index contributed by atoms with van der Waals surface area (Å²) < 4.78 is 0. The standard InChI is InChI=1S/C16H17N3O2/c20-16(21)12-5-3-11(4-6-12)15-10-13(7-9-17-15)14-2-1-8-18-19-14/h1-6,8,13,15,17H,7,9-10H2,(H,20,21)/t13?,15-/m0/s1. The van der Waals surface area contributed by atoms with E-state index in [9.17, 15) is 4.79 Å². The summed E-state index contributed by atoms with van der Waals surface area (Å²) >= 11 is 0. The van der Waals surface area contributed by atoms with Gasteiger partial charge in [-0.25, -0.2) is 4.79 Å². The van der Waals surface area contributed by atoms with E-state index in [2.05, 4.69) is 15.5 Å². The Bertz CT molecular complexity index is 613. The van der Waals surface area contributed by atoms with Crippen LogP contribution >= 0.6 is 0 Å². The normalized spacial score (nSPS) is 21.9. The Morgan fingerprint density at radius 1 is 1.24 bits per heavy atom. The number of rotatable bonds is 3. The third kappa shape index (κ3) is 3.08. The van der Waals surface area contributed by atoms with Gasteiger partial charge in [-0.2, -0.15) is 10.2 Å². The predicted molar refractivity (Wildman–Crippen MR) is 78.2 cm³/mol. The molecular weight excluding hydrogens is 266 g/mol. The van der Waals surface area contributed by atoms with Gasteiger partial charge in [-0.1, -0.05) is 12.1 Å². The van der Waals surface area contributed by atoms with Crippen LogP contribution in [0.5, 0.6) is 0 Å². The lowest BCUT2D eigenvalue weighted by Gasteiger charge is -2.30. The van der Waals surface area contributed by atoms with Crippen LogP contribution in [0.3, 0.4) is 0 Å². The Balaban J connectivity index is 1.75. The molecule has 21 heavy (non-hydrogen) atoms. The third-order valence-electron chi connectivity index (χ3n) is 3.97. The predicted octanol–water partition coefficient (Wildman–Crippen LogP) is 2.38. The van der Waals surface area contributed by atoms with Crippen molar-refractivity contribution in [3.05, 3.63) is 59.4 Å². The maximum absolute atomic E-state index is 10.9. The molecular formula is C16H17N3O2. The van der Waals surface area contributed by atoms with E-state index in [0.29, 0.717) is 11.5 Å². The minimum absolute atomic E-state index is 0.230. The molecule has 1 aromatic heterocycles. The lowest BCUT2D eigenvalue weighted by molar-refractivity contribution is 0.0697. The molecule has 1 aromatic carbocycles. The highest BCUT2D eigenvalue weighted by atomic mass is 16.4. The summed E-state index contributed by atoms with van der Waals surface area (Å²) in [6.07, 6.45) is 3.68. The number of nitrogens with zero attached hydrogens (tertiary/aromatic N) is 2. The van der Waals surface area contributed by atoms with Crippen LogP contribution in [-0.2, 0) is 0 Å². The highest BCUT2D eigenvalue weighted by Crippen LogP contribution is 2.33. The van der Waals surface area contributed by atoms with Crippen LogP contribution in [-0.4, -0.2) is 27.8 Å². The highest BCUT2D eigenvalue weighted by molar-refractivity contribution is 5.87. The van der Waals surface area contributed by atoms with Crippen molar-refractivity contribution < 1.29 is 9.90 Å². The molecule has 1 aliphatic heterocycles. The van der Waals surface area contributed by atoms with Crippen molar-refractivity contribution in [2.24, 2.45) is 0 Å². The Kier molecular flexibility index (Phi) is 3.92. The van der Waals surface area contributed by atoms with Gasteiger partial charge >= 0.3 is 5.97 Å². The summed E-state index contributed by atoms with van der Waals surface area (Å²) in [4.78, 5) is 10.9. The number of aromatic nitrogens is 2. The van der Waals surface area contributed by atoms with E-state index in [1.54, 1.807) is 18.3 Å². The number of benzene rings is 1. The molecule has 0 spiro atoms. The molecule has 0 saturated carbocycles. The second-order valence-electron chi connectivity index (χ2n) is 5.30. The monoisotopic (exact) mass is 283 g/mol. The molecule has 2 aromatic rings. The fourth-order valence-electron chi connectivity index (χ4n) is 2.83. The van der Waals surface area contributed by atoms with E-state index in [0.717, 1.165) is 30.6 Å². The molecule has 1 aliphatic rings. The first-order chi connectivity index (χ1) is 10.2. The molecule has 5 nitrogen and oxygen atoms in total. The molecule has 1 saturated heterocycles. The Labute approximate surface area is 123 Å². The first kappa shape index (κ1) is 13.7. The van der Waals surface area contributed by atoms with E-state index >= 15 is 0 Å². The van der Waals surface area contributed by atoms with E-state index in [4.69, 9.17) is 5.11 Å². The number of hydrogen-bond acceptors (Lipinski definition) is 4. The van der Waals surface area contributed by atoms with Crippen LogP contribution in [0.4, 0.5) is 0 Å². The topological polar surface area (TPSA) is 75.1 Å². The number of nitrogens with one attached hydrogen (secondary N) is 1. The van der Waals surface area contributed by atoms with Crippen LogP contribution in [0.1, 0.15) is 46.4 Å². The molecule has 1 unspecified atom stereocenters. The van der Waals surface area contributed by atoms with Crippen molar-refractivity contribution in [2.45, 2.75) is 24.8 Å². The van der Waals surface area contributed by atoms with E-state index < -0.39 is 5.97 Å². The largest absolute Gasteiger partial charge is 0.478 e. The van der Waals surface area contributed by atoms with Gasteiger partial charge in [-0.05, 0) is 49.2 Å². The van der Waals surface area contributed by atoms with Crippen molar-refractivity contribution in [2.75, 3.05) is 6.54 Å². The summed E-state index contributed by atoms with van der Waals surface area (Å²) in [5.41, 5.74) is 2.47. The quantitative estimate of drug-likeness (QED) is 0.904. The lowest BCUT2D eigenvalue weighted by atomic mass is 9.86. The minimum atomic E-state index is -0.893. The van der Waals surface area contributed by atoms with Crippen molar-refractivity contribution >= 4 is 5.97 Å². The zero-order chi connectivity index (χ0) is 14.7. The molecule has 0 aliphatic carbocycles. The smallest absolute Gasteiger partial charge is 0.335 e. The first-order valence-corrected chi connectivity index (χ1v) is 7.08. The first-order valence-electron chi connectivity index (χ1n) is 7.08. The van der Waals surface area contributed by atoms with Crippen LogP contribution in [0.25, 0.3) is 0 Å². The maximum Gasteiger partial charge on any atom is 0.335 e. The Morgan fingerprint density at radius 3 is 2.71 bits per heavy atom. The molecule has 2 N–H and O–H groups in total. The van der Waals surface area contributed by atoms with Gasteiger partial charge in [0.1, 0.15) is 0 Å². The van der Waals surface area contributed by atoms with E-state index in [-0.39, 0.29) is 6.04 Å². The molecule has 2 heterocycles. The SMILES string of the molecule is O=C(O)c1ccc([C@@H]2CC(c3cccnn3)CCN2)cc1. The number of piperidine rings is 1. The van der Waals surface area contributed by atoms with Gasteiger partial charge in [0.25, 0.3) is 0 Å². The Hall–Kier alpha value is -2.27. The molecule has 5 heteroatoms. The number of carboxylic acid groups (broad SMARTS) is 1. The molecule has 0 radical (unpaired) electrons. The van der Waals surface area contributed by atoms with E-state index in [1.165, 1.54) is 0 Å². The van der Waals surface area contributed by atoms with Gasteiger partial charge in [0.2, 0.25) is 0 Å². The molecule has 3 rings (SSSR count). The third-order valence-corrected chi connectivity index (χ3v) is 3.97. The fraction of sp³-hybridized carbons (Fsp3) is 0.312. The summed E-state index contributed by atoms with van der Waals surface area (Å²) in [5, 5.41) is 20.6. The van der Waals surface area contributed by atoms with Crippen LogP contribution < -0.4 is 5.32 Å². The average molecular weight is 283 g/mol. The summed E-state index contributed by atoms with van der Waals surface area (Å²) in [7, 11) is 0. The molecule has 1 fully saturated rings. The van der Waals surface area contributed by atoms with Crippen molar-refractivity contribution in [3.8, 4) is 0 Å². The van der Waals surface area contributed by atoms with Crippen molar-refractivity contribution in [1.29, 1.82) is 0 Å². The van der Waals surface area contributed by atoms with Crippen LogP contribution in [0.15, 0.2) is 42.6 Å². The van der Waals surface area contributed by atoms with Gasteiger partial charge in [0.05, 0.1) is 11.3 Å². The molecule has 108 valence electrons. The van der Waals surface area contributed by atoms with Crippen LogP contribution in [0, 0.1) is 0 Å². The van der Waals surface area contributed by atoms with Crippen LogP contribution in [0.2, 0.25) is 0 Å². The van der Waals surface area contributed by atoms with Gasteiger partial charge in [-0.15, -0.1) is 0 Å². The van der Waals surface area contributed by atoms with E-state index in [1.807, 2.05) is 24.3 Å². The number of carboxylic acids is 1. The average Bonchev–Trinajstić information content (AvgIpc) is 2.56. The zero-order valence-electron chi connectivity index (χ0n) is 11.6. The van der Waals surface area contributed by atoms with Gasteiger partial charge in [0.15, 0.2) is 0 Å². The summed E-state index contributed by atoms with van der Waals surface area (Å²) in [5.74, 6) is -0.500. The number of carbonyl (C=O) groups is 1. The highest BCUT2D eigenvalue weighted by Gasteiger charge is 2.25. The minimum Gasteiger partial charge on any atom is -0.478 e. The van der Waals surface area contributed by atoms with Gasteiger partial charge in [-0.3, -0.25) is 0 Å². The van der Waals surface area contributed by atoms with Gasteiger partial charge < -0.3 is 10.4 Å². The molecule has 0 bridgehead atoms. The summed E-state index contributed by atoms with van der Waals surface area (Å²) in [6.45, 7) is 0.923. The molecule has 2 atom stereocenters. The number of aromatic carboxylic acids is 1. The fourth-order valence-corrected chi connectivity index (χ4v) is 2.83.